The Morgan fingerprint density at radius 1 is 1.08 bits per heavy atom. The molecule has 1 aromatic heterocycles. The summed E-state index contributed by atoms with van der Waals surface area (Å²) < 4.78 is 38.3. The maximum absolute atomic E-state index is 12.7. The van der Waals surface area contributed by atoms with Crippen LogP contribution in [0.2, 0.25) is 0 Å². The SMILES string of the molecule is COc1ccc(OC)c(S(=O)(=O)NCCc2c[nH]c3ccc(C)cc23)c1. The Kier molecular flexibility index (Phi) is 5.20. The van der Waals surface area contributed by atoms with Crippen molar-refractivity contribution in [3.8, 4) is 11.5 Å². The summed E-state index contributed by atoms with van der Waals surface area (Å²) in [5.74, 6) is 0.735. The van der Waals surface area contributed by atoms with Crippen LogP contribution in [0.25, 0.3) is 10.9 Å². The van der Waals surface area contributed by atoms with Crippen molar-refractivity contribution in [3.05, 3.63) is 53.7 Å². The fourth-order valence-corrected chi connectivity index (χ4v) is 4.10. The average molecular weight is 374 g/mol. The molecule has 0 spiro atoms. The summed E-state index contributed by atoms with van der Waals surface area (Å²) in [5, 5.41) is 1.11. The largest absolute Gasteiger partial charge is 0.497 e. The summed E-state index contributed by atoms with van der Waals surface area (Å²) in [7, 11) is -0.785. The molecule has 138 valence electrons. The van der Waals surface area contributed by atoms with E-state index in [2.05, 4.69) is 15.8 Å². The molecule has 0 aliphatic carbocycles. The van der Waals surface area contributed by atoms with Gasteiger partial charge in [-0.2, -0.15) is 0 Å². The lowest BCUT2D eigenvalue weighted by Crippen LogP contribution is -2.26. The van der Waals surface area contributed by atoms with Crippen molar-refractivity contribution in [1.29, 1.82) is 0 Å². The van der Waals surface area contributed by atoms with Gasteiger partial charge in [-0.05, 0) is 43.2 Å². The first-order chi connectivity index (χ1) is 12.4. The molecule has 3 rings (SSSR count). The number of methoxy groups -OCH3 is 2. The molecule has 0 amide bonds. The van der Waals surface area contributed by atoms with Crippen LogP contribution in [0.5, 0.6) is 11.5 Å². The van der Waals surface area contributed by atoms with E-state index < -0.39 is 10.0 Å². The number of nitrogens with one attached hydrogen (secondary N) is 2. The fourth-order valence-electron chi connectivity index (χ4n) is 2.89. The van der Waals surface area contributed by atoms with E-state index in [-0.39, 0.29) is 17.2 Å². The molecule has 2 N–H and O–H groups in total. The Morgan fingerprint density at radius 2 is 1.88 bits per heavy atom. The predicted molar refractivity (Wildman–Crippen MR) is 101 cm³/mol. The fraction of sp³-hybridized carbons (Fsp3) is 0.263. The van der Waals surface area contributed by atoms with Crippen LogP contribution in [0, 0.1) is 6.92 Å². The first-order valence-corrected chi connectivity index (χ1v) is 9.71. The highest BCUT2D eigenvalue weighted by atomic mass is 32.2. The van der Waals surface area contributed by atoms with Gasteiger partial charge in [0.1, 0.15) is 16.4 Å². The quantitative estimate of drug-likeness (QED) is 0.666. The maximum Gasteiger partial charge on any atom is 0.244 e. The zero-order valence-corrected chi connectivity index (χ0v) is 15.8. The Hall–Kier alpha value is -2.51. The number of aromatic nitrogens is 1. The third kappa shape index (κ3) is 3.68. The number of aryl methyl sites for hydroxylation is 1. The van der Waals surface area contributed by atoms with Crippen LogP contribution in [0.4, 0.5) is 0 Å². The molecule has 3 aromatic rings. The van der Waals surface area contributed by atoms with Gasteiger partial charge < -0.3 is 14.5 Å². The monoisotopic (exact) mass is 374 g/mol. The van der Waals surface area contributed by atoms with E-state index in [9.17, 15) is 8.42 Å². The second kappa shape index (κ2) is 7.39. The number of aromatic amines is 1. The minimum absolute atomic E-state index is 0.0640. The molecule has 1 heterocycles. The van der Waals surface area contributed by atoms with E-state index in [1.54, 1.807) is 12.1 Å². The number of rotatable bonds is 7. The van der Waals surface area contributed by atoms with Gasteiger partial charge in [0.25, 0.3) is 0 Å². The van der Waals surface area contributed by atoms with Crippen molar-refractivity contribution in [2.24, 2.45) is 0 Å². The molecule has 0 radical (unpaired) electrons. The molecule has 0 atom stereocenters. The summed E-state index contributed by atoms with van der Waals surface area (Å²) >= 11 is 0. The van der Waals surface area contributed by atoms with Crippen molar-refractivity contribution < 1.29 is 17.9 Å². The minimum Gasteiger partial charge on any atom is -0.497 e. The molecule has 0 aliphatic heterocycles. The van der Waals surface area contributed by atoms with Crippen molar-refractivity contribution in [1.82, 2.24) is 9.71 Å². The van der Waals surface area contributed by atoms with Gasteiger partial charge in [-0.1, -0.05) is 11.6 Å². The van der Waals surface area contributed by atoms with Gasteiger partial charge in [0.2, 0.25) is 10.0 Å². The standard InChI is InChI=1S/C19H22N2O4S/c1-13-4-6-17-16(10-13)14(12-20-17)8-9-21-26(22,23)19-11-15(24-2)5-7-18(19)25-3/h4-7,10-12,20-21H,8-9H2,1-3H3. The predicted octanol–water partition coefficient (Wildman–Crippen LogP) is 3.01. The summed E-state index contributed by atoms with van der Waals surface area (Å²) in [5.41, 5.74) is 3.28. The van der Waals surface area contributed by atoms with Crippen LogP contribution >= 0.6 is 0 Å². The molecule has 0 saturated carbocycles. The van der Waals surface area contributed by atoms with Crippen LogP contribution in [0.15, 0.2) is 47.5 Å². The van der Waals surface area contributed by atoms with Crippen LogP contribution < -0.4 is 14.2 Å². The Labute approximate surface area is 153 Å². The topological polar surface area (TPSA) is 80.4 Å². The Bertz CT molecular complexity index is 1030. The first-order valence-electron chi connectivity index (χ1n) is 8.23. The number of sulfonamides is 1. The van der Waals surface area contributed by atoms with Crippen molar-refractivity contribution in [3.63, 3.8) is 0 Å². The molecular formula is C19H22N2O4S. The van der Waals surface area contributed by atoms with Crippen LogP contribution in [0.3, 0.4) is 0 Å². The summed E-state index contributed by atoms with van der Waals surface area (Å²) in [4.78, 5) is 3.28. The smallest absolute Gasteiger partial charge is 0.244 e. The van der Waals surface area contributed by atoms with Gasteiger partial charge in [0, 0.05) is 29.7 Å². The van der Waals surface area contributed by atoms with Gasteiger partial charge in [-0.25, -0.2) is 13.1 Å². The number of H-pyrrole nitrogens is 1. The van der Waals surface area contributed by atoms with Crippen LogP contribution in [-0.4, -0.2) is 34.2 Å². The summed E-state index contributed by atoms with van der Waals surface area (Å²) in [6.45, 7) is 2.32. The summed E-state index contributed by atoms with van der Waals surface area (Å²) in [6.07, 6.45) is 2.50. The first kappa shape index (κ1) is 18.3. The molecule has 0 saturated heterocycles. The van der Waals surface area contributed by atoms with Gasteiger partial charge in [0.05, 0.1) is 14.2 Å². The highest BCUT2D eigenvalue weighted by Gasteiger charge is 2.20. The number of fused-ring (bicyclic) bond motifs is 1. The highest BCUT2D eigenvalue weighted by molar-refractivity contribution is 7.89. The molecule has 0 aliphatic rings. The third-order valence-electron chi connectivity index (χ3n) is 4.27. The lowest BCUT2D eigenvalue weighted by molar-refractivity contribution is 0.392. The van der Waals surface area contributed by atoms with Gasteiger partial charge in [-0.15, -0.1) is 0 Å². The van der Waals surface area contributed by atoms with Gasteiger partial charge in [-0.3, -0.25) is 0 Å². The third-order valence-corrected chi connectivity index (χ3v) is 5.75. The molecule has 0 fully saturated rings. The lowest BCUT2D eigenvalue weighted by atomic mass is 10.1. The van der Waals surface area contributed by atoms with Crippen molar-refractivity contribution in [2.45, 2.75) is 18.2 Å². The maximum atomic E-state index is 12.7. The van der Waals surface area contributed by atoms with Crippen LogP contribution in [0.1, 0.15) is 11.1 Å². The lowest BCUT2D eigenvalue weighted by Gasteiger charge is -2.12. The summed E-state index contributed by atoms with van der Waals surface area (Å²) in [6, 6.07) is 10.9. The number of ether oxygens (including phenoxy) is 2. The van der Waals surface area contributed by atoms with E-state index in [1.807, 2.05) is 25.3 Å². The van der Waals surface area contributed by atoms with E-state index in [1.165, 1.54) is 25.8 Å². The normalized spacial score (nSPS) is 11.7. The Balaban J connectivity index is 1.77. The molecule has 26 heavy (non-hydrogen) atoms. The van der Waals surface area contributed by atoms with Gasteiger partial charge >= 0.3 is 0 Å². The van der Waals surface area contributed by atoms with E-state index in [0.29, 0.717) is 12.2 Å². The molecule has 6 nitrogen and oxygen atoms in total. The average Bonchev–Trinajstić information content (AvgIpc) is 3.03. The Morgan fingerprint density at radius 3 is 2.62 bits per heavy atom. The molecule has 0 unspecified atom stereocenters. The molecule has 7 heteroatoms. The van der Waals surface area contributed by atoms with Crippen molar-refractivity contribution >= 4 is 20.9 Å². The van der Waals surface area contributed by atoms with Crippen LogP contribution in [-0.2, 0) is 16.4 Å². The number of hydrogen-bond acceptors (Lipinski definition) is 4. The van der Waals surface area contributed by atoms with Crippen molar-refractivity contribution in [2.75, 3.05) is 20.8 Å². The second-order valence-electron chi connectivity index (χ2n) is 6.03. The zero-order valence-electron chi connectivity index (χ0n) is 15.0. The molecular weight excluding hydrogens is 352 g/mol. The minimum atomic E-state index is -3.72. The molecule has 2 aromatic carbocycles. The van der Waals surface area contributed by atoms with E-state index in [0.717, 1.165) is 16.5 Å². The second-order valence-corrected chi connectivity index (χ2v) is 7.76. The number of benzene rings is 2. The number of hydrogen-bond donors (Lipinski definition) is 2. The van der Waals surface area contributed by atoms with E-state index >= 15 is 0 Å². The zero-order chi connectivity index (χ0) is 18.7. The van der Waals surface area contributed by atoms with Gasteiger partial charge in [0.15, 0.2) is 0 Å². The van der Waals surface area contributed by atoms with E-state index in [4.69, 9.17) is 9.47 Å². The molecule has 0 bridgehead atoms. The highest BCUT2D eigenvalue weighted by Crippen LogP contribution is 2.28.